The summed E-state index contributed by atoms with van der Waals surface area (Å²) in [6.07, 6.45) is 4.60. The first-order valence-electron chi connectivity index (χ1n) is 7.67. The number of aromatic nitrogens is 1. The number of hydrogen-bond acceptors (Lipinski definition) is 4. The van der Waals surface area contributed by atoms with Gasteiger partial charge in [-0.05, 0) is 31.9 Å². The summed E-state index contributed by atoms with van der Waals surface area (Å²) >= 11 is 1.42. The van der Waals surface area contributed by atoms with Gasteiger partial charge < -0.3 is 10.1 Å². The summed E-state index contributed by atoms with van der Waals surface area (Å²) in [7, 11) is 0. The van der Waals surface area contributed by atoms with Gasteiger partial charge in [0.15, 0.2) is 0 Å². The van der Waals surface area contributed by atoms with Crippen LogP contribution in [0.4, 0.5) is 0 Å². The Morgan fingerprint density at radius 3 is 2.77 bits per heavy atom. The maximum Gasteiger partial charge on any atom is 0.263 e. The van der Waals surface area contributed by atoms with Crippen LogP contribution in [0.15, 0.2) is 30.3 Å². The lowest BCUT2D eigenvalue weighted by molar-refractivity contribution is 0.0941. The van der Waals surface area contributed by atoms with Gasteiger partial charge in [-0.3, -0.25) is 4.79 Å². The van der Waals surface area contributed by atoms with Crippen molar-refractivity contribution in [2.75, 3.05) is 0 Å². The van der Waals surface area contributed by atoms with Crippen LogP contribution in [0.5, 0.6) is 5.75 Å². The van der Waals surface area contributed by atoms with Crippen LogP contribution in [0.25, 0.3) is 0 Å². The summed E-state index contributed by atoms with van der Waals surface area (Å²) in [4.78, 5) is 17.5. The Morgan fingerprint density at radius 1 is 1.32 bits per heavy atom. The second-order valence-electron chi connectivity index (χ2n) is 5.58. The molecule has 22 heavy (non-hydrogen) atoms. The van der Waals surface area contributed by atoms with Crippen molar-refractivity contribution in [3.05, 3.63) is 45.9 Å². The number of amides is 1. The third-order valence-corrected chi connectivity index (χ3v) is 4.97. The second kappa shape index (κ2) is 6.92. The number of carbonyl (C=O) groups is 1. The Labute approximate surface area is 134 Å². The number of nitrogens with one attached hydrogen (secondary N) is 1. The van der Waals surface area contributed by atoms with E-state index in [2.05, 4.69) is 10.3 Å². The molecule has 1 amide bonds. The van der Waals surface area contributed by atoms with Crippen molar-refractivity contribution in [1.82, 2.24) is 10.3 Å². The molecule has 0 saturated heterocycles. The van der Waals surface area contributed by atoms with Gasteiger partial charge >= 0.3 is 0 Å². The van der Waals surface area contributed by atoms with E-state index in [1.54, 1.807) is 0 Å². The van der Waals surface area contributed by atoms with Crippen molar-refractivity contribution in [3.63, 3.8) is 0 Å². The number of ether oxygens (including phenoxy) is 1. The van der Waals surface area contributed by atoms with E-state index in [4.69, 9.17) is 4.74 Å². The summed E-state index contributed by atoms with van der Waals surface area (Å²) < 4.78 is 5.69. The van der Waals surface area contributed by atoms with E-state index in [9.17, 15) is 4.79 Å². The number of hydrogen-bond donors (Lipinski definition) is 1. The Balaban J connectivity index is 1.61. The number of rotatable bonds is 5. The molecule has 0 unspecified atom stereocenters. The highest BCUT2D eigenvalue weighted by atomic mass is 32.1. The molecule has 1 heterocycles. The molecule has 0 aliphatic heterocycles. The first-order valence-corrected chi connectivity index (χ1v) is 8.49. The fraction of sp³-hybridized carbons (Fsp3) is 0.412. The van der Waals surface area contributed by atoms with Crippen LogP contribution in [0, 0.1) is 6.92 Å². The number of carbonyl (C=O) groups excluding carboxylic acids is 1. The first-order chi connectivity index (χ1) is 10.7. The van der Waals surface area contributed by atoms with E-state index in [0.29, 0.717) is 17.5 Å². The lowest BCUT2D eigenvalue weighted by Gasteiger charge is -2.10. The Kier molecular flexibility index (Phi) is 4.73. The zero-order chi connectivity index (χ0) is 15.4. The van der Waals surface area contributed by atoms with Crippen LogP contribution in [-0.2, 0) is 6.61 Å². The molecule has 3 rings (SSSR count). The molecule has 1 N–H and O–H groups in total. The molecular weight excluding hydrogens is 296 g/mol. The second-order valence-corrected chi connectivity index (χ2v) is 6.66. The van der Waals surface area contributed by atoms with Crippen molar-refractivity contribution in [2.45, 2.75) is 45.3 Å². The van der Waals surface area contributed by atoms with Crippen LogP contribution in [0.2, 0.25) is 0 Å². The van der Waals surface area contributed by atoms with E-state index in [1.165, 1.54) is 24.2 Å². The van der Waals surface area contributed by atoms with Gasteiger partial charge in [-0.15, -0.1) is 11.3 Å². The van der Waals surface area contributed by atoms with Gasteiger partial charge in [0.25, 0.3) is 5.91 Å². The van der Waals surface area contributed by atoms with Gasteiger partial charge in [0.1, 0.15) is 22.2 Å². The molecule has 0 atom stereocenters. The third-order valence-electron chi connectivity index (χ3n) is 3.84. The molecule has 1 aromatic carbocycles. The number of benzene rings is 1. The van der Waals surface area contributed by atoms with Crippen molar-refractivity contribution in [3.8, 4) is 5.75 Å². The van der Waals surface area contributed by atoms with E-state index in [0.717, 1.165) is 29.3 Å². The molecule has 1 fully saturated rings. The average molecular weight is 316 g/mol. The van der Waals surface area contributed by atoms with E-state index in [-0.39, 0.29) is 5.91 Å². The van der Waals surface area contributed by atoms with Gasteiger partial charge in [-0.1, -0.05) is 31.0 Å². The monoisotopic (exact) mass is 316 g/mol. The van der Waals surface area contributed by atoms with Gasteiger partial charge in [0, 0.05) is 6.04 Å². The highest BCUT2D eigenvalue weighted by molar-refractivity contribution is 7.13. The fourth-order valence-electron chi connectivity index (χ4n) is 2.71. The number of aryl methyl sites for hydroxylation is 1. The highest BCUT2D eigenvalue weighted by Crippen LogP contribution is 2.22. The molecule has 2 aromatic rings. The summed E-state index contributed by atoms with van der Waals surface area (Å²) in [6, 6.07) is 9.97. The van der Waals surface area contributed by atoms with Crippen molar-refractivity contribution < 1.29 is 9.53 Å². The molecule has 4 nitrogen and oxygen atoms in total. The van der Waals surface area contributed by atoms with Gasteiger partial charge in [-0.2, -0.15) is 0 Å². The number of thiazole rings is 1. The normalized spacial score (nSPS) is 15.0. The van der Waals surface area contributed by atoms with Gasteiger partial charge in [-0.25, -0.2) is 4.98 Å². The van der Waals surface area contributed by atoms with Crippen LogP contribution < -0.4 is 10.1 Å². The molecule has 0 bridgehead atoms. The van der Waals surface area contributed by atoms with Crippen LogP contribution in [0.1, 0.15) is 46.1 Å². The third kappa shape index (κ3) is 3.65. The minimum absolute atomic E-state index is 0.00728. The largest absolute Gasteiger partial charge is 0.486 e. The first kappa shape index (κ1) is 15.0. The smallest absolute Gasteiger partial charge is 0.263 e. The molecule has 1 saturated carbocycles. The average Bonchev–Trinajstić information content (AvgIpc) is 3.16. The summed E-state index contributed by atoms with van der Waals surface area (Å²) in [5.74, 6) is 0.820. The Hall–Kier alpha value is -1.88. The summed E-state index contributed by atoms with van der Waals surface area (Å²) in [5.41, 5.74) is 0.784. The van der Waals surface area contributed by atoms with E-state index >= 15 is 0 Å². The maximum atomic E-state index is 12.3. The maximum absolute atomic E-state index is 12.3. The lowest BCUT2D eigenvalue weighted by Crippen LogP contribution is -2.32. The predicted molar refractivity (Wildman–Crippen MR) is 87.3 cm³/mol. The topological polar surface area (TPSA) is 51.2 Å². The molecule has 0 radical (unpaired) electrons. The molecule has 1 aliphatic carbocycles. The lowest BCUT2D eigenvalue weighted by atomic mass is 10.2. The number of para-hydroxylation sites is 1. The van der Waals surface area contributed by atoms with Crippen molar-refractivity contribution >= 4 is 17.2 Å². The summed E-state index contributed by atoms with van der Waals surface area (Å²) in [5, 5.41) is 3.95. The molecule has 116 valence electrons. The molecule has 1 aromatic heterocycles. The predicted octanol–water partition coefficient (Wildman–Crippen LogP) is 3.70. The standard InChI is InChI=1S/C17H20N2O2S/c1-12-16(17(20)19-13-7-5-6-8-13)22-15(18-12)11-21-14-9-3-2-4-10-14/h2-4,9-10,13H,5-8,11H2,1H3,(H,19,20). The number of nitrogens with zero attached hydrogens (tertiary/aromatic N) is 1. The minimum atomic E-state index is 0.00728. The minimum Gasteiger partial charge on any atom is -0.486 e. The van der Waals surface area contributed by atoms with Gasteiger partial charge in [0.2, 0.25) is 0 Å². The van der Waals surface area contributed by atoms with Crippen LogP contribution in [0.3, 0.4) is 0 Å². The highest BCUT2D eigenvalue weighted by Gasteiger charge is 2.21. The molecule has 0 spiro atoms. The van der Waals surface area contributed by atoms with Gasteiger partial charge in [0.05, 0.1) is 5.69 Å². The summed E-state index contributed by atoms with van der Waals surface area (Å²) in [6.45, 7) is 2.28. The Bertz CT molecular complexity index is 633. The van der Waals surface area contributed by atoms with Crippen molar-refractivity contribution in [1.29, 1.82) is 0 Å². The zero-order valence-corrected chi connectivity index (χ0v) is 13.5. The van der Waals surface area contributed by atoms with E-state index in [1.807, 2.05) is 37.3 Å². The van der Waals surface area contributed by atoms with Crippen LogP contribution in [-0.4, -0.2) is 16.9 Å². The zero-order valence-electron chi connectivity index (χ0n) is 12.7. The molecule has 1 aliphatic rings. The molecular formula is C17H20N2O2S. The fourth-order valence-corrected chi connectivity index (χ4v) is 3.59. The van der Waals surface area contributed by atoms with Crippen molar-refractivity contribution in [2.24, 2.45) is 0 Å². The SMILES string of the molecule is Cc1nc(COc2ccccc2)sc1C(=O)NC1CCCC1. The van der Waals surface area contributed by atoms with Crippen LogP contribution >= 0.6 is 11.3 Å². The van der Waals surface area contributed by atoms with E-state index < -0.39 is 0 Å². The quantitative estimate of drug-likeness (QED) is 0.915. The molecule has 5 heteroatoms. The Morgan fingerprint density at radius 2 is 2.05 bits per heavy atom.